The van der Waals surface area contributed by atoms with E-state index in [1.165, 1.54) is 4.31 Å². The highest BCUT2D eigenvalue weighted by Gasteiger charge is 2.37. The first kappa shape index (κ1) is 17.0. The average molecular weight is 324 g/mol. The van der Waals surface area contributed by atoms with E-state index in [4.69, 9.17) is 0 Å². The number of piperidine rings is 1. The molecule has 0 spiro atoms. The molecule has 6 heteroatoms. The van der Waals surface area contributed by atoms with Crippen molar-refractivity contribution in [3.8, 4) is 0 Å². The predicted octanol–water partition coefficient (Wildman–Crippen LogP) is 2.15. The maximum Gasteiger partial charge on any atom is 0.243 e. The van der Waals surface area contributed by atoms with Gasteiger partial charge in [0.2, 0.25) is 15.9 Å². The monoisotopic (exact) mass is 324 g/mol. The summed E-state index contributed by atoms with van der Waals surface area (Å²) in [5.74, 6) is -0.173. The minimum Gasteiger partial charge on any atom is -0.355 e. The Morgan fingerprint density at radius 2 is 2.00 bits per heavy atom. The van der Waals surface area contributed by atoms with Crippen LogP contribution in [0.25, 0.3) is 0 Å². The van der Waals surface area contributed by atoms with Crippen molar-refractivity contribution < 1.29 is 13.2 Å². The minimum absolute atomic E-state index is 0.173. The van der Waals surface area contributed by atoms with Crippen molar-refractivity contribution in [3.05, 3.63) is 30.3 Å². The molecular weight excluding hydrogens is 300 g/mol. The van der Waals surface area contributed by atoms with E-state index >= 15 is 0 Å². The largest absolute Gasteiger partial charge is 0.355 e. The minimum atomic E-state index is -3.61. The zero-order chi connectivity index (χ0) is 16.0. The molecular formula is C16H24N2O3S. The lowest BCUT2D eigenvalue weighted by molar-refractivity contribution is -0.125. The number of rotatable bonds is 6. The molecule has 1 atom stereocenters. The van der Waals surface area contributed by atoms with Gasteiger partial charge in [-0.25, -0.2) is 8.42 Å². The summed E-state index contributed by atoms with van der Waals surface area (Å²) in [7, 11) is -3.61. The summed E-state index contributed by atoms with van der Waals surface area (Å²) in [4.78, 5) is 12.6. The molecule has 22 heavy (non-hydrogen) atoms. The third kappa shape index (κ3) is 3.87. The summed E-state index contributed by atoms with van der Waals surface area (Å²) in [5.41, 5.74) is 0. The number of nitrogens with zero attached hydrogens (tertiary/aromatic N) is 1. The topological polar surface area (TPSA) is 66.5 Å². The maximum absolute atomic E-state index is 12.8. The Hall–Kier alpha value is -1.40. The highest BCUT2D eigenvalue weighted by atomic mass is 32.2. The fourth-order valence-corrected chi connectivity index (χ4v) is 4.37. The Morgan fingerprint density at radius 1 is 1.27 bits per heavy atom. The lowest BCUT2D eigenvalue weighted by Gasteiger charge is -2.33. The van der Waals surface area contributed by atoms with Gasteiger partial charge in [0.05, 0.1) is 4.90 Å². The van der Waals surface area contributed by atoms with Crippen molar-refractivity contribution in [2.45, 2.75) is 50.0 Å². The van der Waals surface area contributed by atoms with Crippen LogP contribution in [0.15, 0.2) is 35.2 Å². The zero-order valence-corrected chi connectivity index (χ0v) is 13.8. The lowest BCUT2D eigenvalue weighted by atomic mass is 10.0. The molecule has 1 saturated heterocycles. The molecule has 0 radical (unpaired) electrons. The molecule has 0 bridgehead atoms. The van der Waals surface area contributed by atoms with Crippen LogP contribution >= 0.6 is 0 Å². The summed E-state index contributed by atoms with van der Waals surface area (Å²) >= 11 is 0. The van der Waals surface area contributed by atoms with E-state index in [1.54, 1.807) is 30.3 Å². The molecule has 1 heterocycles. The molecule has 1 aromatic rings. The van der Waals surface area contributed by atoms with Crippen molar-refractivity contribution >= 4 is 15.9 Å². The number of carbonyl (C=O) groups is 1. The number of hydrogen-bond donors (Lipinski definition) is 1. The maximum atomic E-state index is 12.8. The summed E-state index contributed by atoms with van der Waals surface area (Å²) in [6, 6.07) is 7.76. The van der Waals surface area contributed by atoms with E-state index in [1.807, 2.05) is 0 Å². The number of nitrogens with one attached hydrogen (secondary N) is 1. The Morgan fingerprint density at radius 3 is 2.68 bits per heavy atom. The van der Waals surface area contributed by atoms with Gasteiger partial charge < -0.3 is 5.32 Å². The second kappa shape index (κ2) is 7.74. The summed E-state index contributed by atoms with van der Waals surface area (Å²) in [6.07, 6.45) is 4.17. The van der Waals surface area contributed by atoms with Crippen LogP contribution in [0.5, 0.6) is 0 Å². The van der Waals surface area contributed by atoms with Crippen LogP contribution in [-0.4, -0.2) is 37.8 Å². The van der Waals surface area contributed by atoms with E-state index in [0.29, 0.717) is 19.5 Å². The van der Waals surface area contributed by atoms with Crippen molar-refractivity contribution in [1.82, 2.24) is 9.62 Å². The zero-order valence-electron chi connectivity index (χ0n) is 13.0. The summed E-state index contributed by atoms with van der Waals surface area (Å²) in [5, 5.41) is 2.86. The molecule has 0 aromatic heterocycles. The van der Waals surface area contributed by atoms with Crippen LogP contribution in [0.1, 0.15) is 39.0 Å². The van der Waals surface area contributed by atoms with Gasteiger partial charge in [0.15, 0.2) is 0 Å². The molecule has 1 amide bonds. The van der Waals surface area contributed by atoms with Crippen molar-refractivity contribution in [2.24, 2.45) is 0 Å². The summed E-state index contributed by atoms with van der Waals surface area (Å²) < 4.78 is 26.9. The third-order valence-electron chi connectivity index (χ3n) is 3.94. The van der Waals surface area contributed by atoms with E-state index in [2.05, 4.69) is 12.2 Å². The molecule has 0 unspecified atom stereocenters. The van der Waals surface area contributed by atoms with Gasteiger partial charge in [-0.3, -0.25) is 4.79 Å². The molecule has 1 aromatic carbocycles. The van der Waals surface area contributed by atoms with Gasteiger partial charge in [0.25, 0.3) is 0 Å². The standard InChI is InChI=1S/C16H24N2O3S/c1-2-3-12-17-16(19)15-11-7-8-13-18(15)22(20,21)14-9-5-4-6-10-14/h4-6,9-10,15H,2-3,7-8,11-13H2,1H3,(H,17,19)/t15-/m0/s1. The van der Waals surface area contributed by atoms with Gasteiger partial charge in [-0.1, -0.05) is 38.0 Å². The first-order chi connectivity index (χ1) is 10.6. The van der Waals surface area contributed by atoms with Crippen LogP contribution in [0.4, 0.5) is 0 Å². The van der Waals surface area contributed by atoms with E-state index in [-0.39, 0.29) is 10.8 Å². The van der Waals surface area contributed by atoms with E-state index < -0.39 is 16.1 Å². The van der Waals surface area contributed by atoms with Crippen LogP contribution < -0.4 is 5.32 Å². The van der Waals surface area contributed by atoms with Crippen LogP contribution in [-0.2, 0) is 14.8 Å². The first-order valence-electron chi connectivity index (χ1n) is 7.92. The second-order valence-electron chi connectivity index (χ2n) is 5.58. The van der Waals surface area contributed by atoms with Gasteiger partial charge in [-0.05, 0) is 31.4 Å². The van der Waals surface area contributed by atoms with E-state index in [0.717, 1.165) is 25.7 Å². The van der Waals surface area contributed by atoms with Gasteiger partial charge >= 0.3 is 0 Å². The molecule has 1 aliphatic rings. The predicted molar refractivity (Wildman–Crippen MR) is 85.9 cm³/mol. The third-order valence-corrected chi connectivity index (χ3v) is 5.86. The number of carbonyl (C=O) groups excluding carboxylic acids is 1. The lowest BCUT2D eigenvalue weighted by Crippen LogP contribution is -2.51. The van der Waals surface area contributed by atoms with Crippen molar-refractivity contribution in [3.63, 3.8) is 0 Å². The molecule has 5 nitrogen and oxygen atoms in total. The number of benzene rings is 1. The Balaban J connectivity index is 2.17. The average Bonchev–Trinajstić information content (AvgIpc) is 2.56. The second-order valence-corrected chi connectivity index (χ2v) is 7.48. The molecule has 1 fully saturated rings. The fraction of sp³-hybridized carbons (Fsp3) is 0.562. The Labute approximate surface area is 132 Å². The quantitative estimate of drug-likeness (QED) is 0.815. The molecule has 0 saturated carbocycles. The number of sulfonamides is 1. The Kier molecular flexibility index (Phi) is 5.97. The molecule has 1 aliphatic heterocycles. The van der Waals surface area contributed by atoms with Gasteiger partial charge in [-0.15, -0.1) is 0 Å². The normalized spacial score (nSPS) is 19.8. The van der Waals surface area contributed by atoms with Crippen LogP contribution in [0.2, 0.25) is 0 Å². The highest BCUT2D eigenvalue weighted by Crippen LogP contribution is 2.25. The molecule has 0 aliphatic carbocycles. The SMILES string of the molecule is CCCCNC(=O)[C@@H]1CCCCN1S(=O)(=O)c1ccccc1. The Bertz CT molecular complexity index is 587. The number of hydrogen-bond acceptors (Lipinski definition) is 3. The molecule has 2 rings (SSSR count). The van der Waals surface area contributed by atoms with Crippen LogP contribution in [0, 0.1) is 0 Å². The number of unbranched alkanes of at least 4 members (excludes halogenated alkanes) is 1. The van der Waals surface area contributed by atoms with Crippen LogP contribution in [0.3, 0.4) is 0 Å². The van der Waals surface area contributed by atoms with Gasteiger partial charge in [0, 0.05) is 13.1 Å². The van der Waals surface area contributed by atoms with Crippen molar-refractivity contribution in [2.75, 3.05) is 13.1 Å². The molecule has 1 N–H and O–H groups in total. The molecule has 122 valence electrons. The van der Waals surface area contributed by atoms with Gasteiger partial charge in [-0.2, -0.15) is 4.31 Å². The first-order valence-corrected chi connectivity index (χ1v) is 9.36. The summed E-state index contributed by atoms with van der Waals surface area (Å²) in [6.45, 7) is 3.06. The fourth-order valence-electron chi connectivity index (χ4n) is 2.69. The highest BCUT2D eigenvalue weighted by molar-refractivity contribution is 7.89. The van der Waals surface area contributed by atoms with Gasteiger partial charge in [0.1, 0.15) is 6.04 Å². The smallest absolute Gasteiger partial charge is 0.243 e. The van der Waals surface area contributed by atoms with Crippen molar-refractivity contribution in [1.29, 1.82) is 0 Å². The van der Waals surface area contributed by atoms with E-state index in [9.17, 15) is 13.2 Å². The number of amides is 1.